The van der Waals surface area contributed by atoms with Gasteiger partial charge in [-0.05, 0) is 17.7 Å². The maximum Gasteiger partial charge on any atom is 0.222 e. The number of nitrogens with two attached hydrogens (primary N) is 1. The van der Waals surface area contributed by atoms with Crippen LogP contribution in [-0.4, -0.2) is 17.0 Å². The van der Waals surface area contributed by atoms with Crippen LogP contribution in [0.2, 0.25) is 0 Å². The Morgan fingerprint density at radius 1 is 1.44 bits per heavy atom. The molecule has 0 fully saturated rings. The lowest BCUT2D eigenvalue weighted by molar-refractivity contribution is 0.608. The molecule has 1 aromatic heterocycles. The number of hydrogen-bond donors (Lipinski definition) is 1. The average molecular weight is 311 g/mol. The highest BCUT2D eigenvalue weighted by Crippen LogP contribution is 2.19. The average Bonchev–Trinajstić information content (AvgIpc) is 2.32. The summed E-state index contributed by atoms with van der Waals surface area (Å²) in [5.74, 6) is -0.225. The number of halogens is 2. The summed E-state index contributed by atoms with van der Waals surface area (Å²) in [7, 11) is 1.76. The third-order valence-electron chi connectivity index (χ3n) is 2.41. The zero-order valence-electron chi connectivity index (χ0n) is 9.77. The van der Waals surface area contributed by atoms with Gasteiger partial charge in [0.05, 0.1) is 6.20 Å². The van der Waals surface area contributed by atoms with Crippen LogP contribution in [-0.2, 0) is 6.54 Å². The van der Waals surface area contributed by atoms with Crippen LogP contribution < -0.4 is 10.6 Å². The topological polar surface area (TPSA) is 55.0 Å². The molecule has 6 heteroatoms. The van der Waals surface area contributed by atoms with Gasteiger partial charge in [-0.3, -0.25) is 0 Å². The highest BCUT2D eigenvalue weighted by molar-refractivity contribution is 9.10. The monoisotopic (exact) mass is 310 g/mol. The van der Waals surface area contributed by atoms with Crippen LogP contribution in [0.4, 0.5) is 16.2 Å². The lowest BCUT2D eigenvalue weighted by Crippen LogP contribution is -2.20. The summed E-state index contributed by atoms with van der Waals surface area (Å²) in [4.78, 5) is 9.19. The van der Waals surface area contributed by atoms with Gasteiger partial charge in [0.1, 0.15) is 0 Å². The summed E-state index contributed by atoms with van der Waals surface area (Å²) in [6.07, 6.45) is 1.08. The number of nitrogens with zero attached hydrogens (tertiary/aromatic N) is 3. The van der Waals surface area contributed by atoms with Crippen molar-refractivity contribution in [2.45, 2.75) is 6.54 Å². The van der Waals surface area contributed by atoms with Gasteiger partial charge in [0.2, 0.25) is 5.95 Å². The van der Waals surface area contributed by atoms with Gasteiger partial charge in [-0.1, -0.05) is 28.1 Å². The van der Waals surface area contributed by atoms with Gasteiger partial charge in [0.25, 0.3) is 0 Å². The van der Waals surface area contributed by atoms with E-state index >= 15 is 0 Å². The van der Waals surface area contributed by atoms with Crippen molar-refractivity contribution < 1.29 is 4.39 Å². The van der Waals surface area contributed by atoms with E-state index in [1.807, 2.05) is 24.3 Å². The van der Waals surface area contributed by atoms with Crippen molar-refractivity contribution in [3.8, 4) is 0 Å². The maximum atomic E-state index is 13.6. The Morgan fingerprint density at radius 2 is 2.22 bits per heavy atom. The van der Waals surface area contributed by atoms with E-state index in [1.165, 1.54) is 0 Å². The first-order chi connectivity index (χ1) is 8.56. The Kier molecular flexibility index (Phi) is 3.76. The van der Waals surface area contributed by atoms with Gasteiger partial charge in [0.15, 0.2) is 11.6 Å². The van der Waals surface area contributed by atoms with Gasteiger partial charge >= 0.3 is 0 Å². The number of benzene rings is 1. The zero-order chi connectivity index (χ0) is 13.1. The number of aromatic nitrogens is 2. The molecule has 0 unspecified atom stereocenters. The van der Waals surface area contributed by atoms with Crippen LogP contribution >= 0.6 is 15.9 Å². The minimum absolute atomic E-state index is 0.0625. The Morgan fingerprint density at radius 3 is 2.94 bits per heavy atom. The zero-order valence-corrected chi connectivity index (χ0v) is 11.4. The smallest absolute Gasteiger partial charge is 0.222 e. The second-order valence-corrected chi connectivity index (χ2v) is 4.80. The van der Waals surface area contributed by atoms with Gasteiger partial charge in [0, 0.05) is 18.1 Å². The first-order valence-electron chi connectivity index (χ1n) is 5.30. The number of nitrogen functional groups attached to an aromatic ring is 1. The summed E-state index contributed by atoms with van der Waals surface area (Å²) in [6.45, 7) is 0.535. The lowest BCUT2D eigenvalue weighted by Gasteiger charge is -2.18. The van der Waals surface area contributed by atoms with E-state index in [2.05, 4.69) is 25.9 Å². The van der Waals surface area contributed by atoms with Crippen molar-refractivity contribution >= 4 is 27.7 Å². The Labute approximate surface area is 113 Å². The molecule has 94 valence electrons. The summed E-state index contributed by atoms with van der Waals surface area (Å²) < 4.78 is 14.6. The lowest BCUT2D eigenvalue weighted by atomic mass is 10.2. The van der Waals surface area contributed by atoms with Crippen LogP contribution in [0.3, 0.4) is 0 Å². The molecule has 2 aromatic rings. The molecule has 0 spiro atoms. The van der Waals surface area contributed by atoms with E-state index < -0.39 is 5.82 Å². The molecule has 0 aliphatic rings. The molecule has 18 heavy (non-hydrogen) atoms. The van der Waals surface area contributed by atoms with Crippen LogP contribution in [0, 0.1) is 5.82 Å². The van der Waals surface area contributed by atoms with E-state index in [0.29, 0.717) is 6.54 Å². The first-order valence-corrected chi connectivity index (χ1v) is 6.09. The molecule has 1 aromatic carbocycles. The van der Waals surface area contributed by atoms with Crippen LogP contribution in [0.1, 0.15) is 5.56 Å². The number of rotatable bonds is 3. The standard InChI is InChI=1S/C12H12BrFN4/c1-18(7-8-3-2-4-9(13)5-8)11-10(14)6-16-12(15)17-11/h2-6H,7H2,1H3,(H2,15,16,17). The van der Waals surface area contributed by atoms with Crippen molar-refractivity contribution in [2.24, 2.45) is 0 Å². The SMILES string of the molecule is CN(Cc1cccc(Br)c1)c1nc(N)ncc1F. The molecule has 0 bridgehead atoms. The highest BCUT2D eigenvalue weighted by Gasteiger charge is 2.11. The molecule has 0 saturated carbocycles. The Hall–Kier alpha value is -1.69. The van der Waals surface area contributed by atoms with E-state index in [-0.39, 0.29) is 11.8 Å². The minimum Gasteiger partial charge on any atom is -0.368 e. The van der Waals surface area contributed by atoms with Crippen molar-refractivity contribution in [1.29, 1.82) is 0 Å². The fourth-order valence-electron chi connectivity index (χ4n) is 1.62. The summed E-state index contributed by atoms with van der Waals surface area (Å²) in [6, 6.07) is 7.80. The largest absolute Gasteiger partial charge is 0.368 e. The fourth-order valence-corrected chi connectivity index (χ4v) is 2.07. The summed E-state index contributed by atoms with van der Waals surface area (Å²) in [5.41, 5.74) is 6.50. The molecule has 2 rings (SSSR count). The predicted octanol–water partition coefficient (Wildman–Crippen LogP) is 2.60. The molecule has 0 aliphatic carbocycles. The van der Waals surface area contributed by atoms with Crippen molar-refractivity contribution in [1.82, 2.24) is 9.97 Å². The van der Waals surface area contributed by atoms with E-state index in [4.69, 9.17) is 5.73 Å². The maximum absolute atomic E-state index is 13.6. The van der Waals surface area contributed by atoms with Crippen LogP contribution in [0.15, 0.2) is 34.9 Å². The van der Waals surface area contributed by atoms with Crippen molar-refractivity contribution in [2.75, 3.05) is 17.7 Å². The number of anilines is 2. The number of hydrogen-bond acceptors (Lipinski definition) is 4. The third-order valence-corrected chi connectivity index (χ3v) is 2.91. The molecule has 0 aliphatic heterocycles. The molecule has 0 amide bonds. The second-order valence-electron chi connectivity index (χ2n) is 3.89. The molecule has 0 saturated heterocycles. The second kappa shape index (κ2) is 5.30. The normalized spacial score (nSPS) is 10.4. The molecule has 0 radical (unpaired) electrons. The molecule has 2 N–H and O–H groups in total. The summed E-state index contributed by atoms with van der Waals surface area (Å²) in [5, 5.41) is 0. The van der Waals surface area contributed by atoms with E-state index in [1.54, 1.807) is 11.9 Å². The molecule has 1 heterocycles. The van der Waals surface area contributed by atoms with E-state index in [9.17, 15) is 4.39 Å². The van der Waals surface area contributed by atoms with Gasteiger partial charge in [-0.15, -0.1) is 0 Å². The van der Waals surface area contributed by atoms with Crippen LogP contribution in [0.25, 0.3) is 0 Å². The Bertz CT molecular complexity index is 562. The molecule has 0 atom stereocenters. The van der Waals surface area contributed by atoms with Crippen molar-refractivity contribution in [3.63, 3.8) is 0 Å². The van der Waals surface area contributed by atoms with Gasteiger partial charge in [-0.25, -0.2) is 9.37 Å². The molecule has 4 nitrogen and oxygen atoms in total. The van der Waals surface area contributed by atoms with Gasteiger partial charge < -0.3 is 10.6 Å². The van der Waals surface area contributed by atoms with Gasteiger partial charge in [-0.2, -0.15) is 4.98 Å². The third kappa shape index (κ3) is 2.95. The molecular formula is C12H12BrFN4. The summed E-state index contributed by atoms with van der Waals surface area (Å²) >= 11 is 3.40. The molecular weight excluding hydrogens is 299 g/mol. The van der Waals surface area contributed by atoms with Crippen LogP contribution in [0.5, 0.6) is 0 Å². The Balaban J connectivity index is 2.21. The van der Waals surface area contributed by atoms with Crippen molar-refractivity contribution in [3.05, 3.63) is 46.3 Å². The predicted molar refractivity (Wildman–Crippen MR) is 72.7 cm³/mol. The quantitative estimate of drug-likeness (QED) is 0.946. The first kappa shape index (κ1) is 12.8. The fraction of sp³-hybridized carbons (Fsp3) is 0.167. The minimum atomic E-state index is -0.485. The highest BCUT2D eigenvalue weighted by atomic mass is 79.9. The van der Waals surface area contributed by atoms with E-state index in [0.717, 1.165) is 16.2 Å².